The largest absolute Gasteiger partial charge is 0.456 e. The van der Waals surface area contributed by atoms with Crippen molar-refractivity contribution in [2.75, 3.05) is 11.9 Å². The lowest BCUT2D eigenvalue weighted by atomic mass is 10.1. The van der Waals surface area contributed by atoms with Gasteiger partial charge in [0.15, 0.2) is 30.1 Å². The maximum Gasteiger partial charge on any atom is 0.412 e. The van der Waals surface area contributed by atoms with E-state index in [4.69, 9.17) is 18.9 Å². The molecule has 0 saturated carbocycles. The number of anilines is 1. The molecule has 0 spiro atoms. The van der Waals surface area contributed by atoms with E-state index in [1.807, 2.05) is 13.8 Å². The lowest BCUT2D eigenvalue weighted by Gasteiger charge is -2.23. The average Bonchev–Trinajstić information content (AvgIpc) is 2.92. The van der Waals surface area contributed by atoms with Crippen molar-refractivity contribution in [2.45, 2.75) is 65.6 Å². The van der Waals surface area contributed by atoms with Crippen LogP contribution in [0.5, 0.6) is 0 Å². The van der Waals surface area contributed by atoms with Crippen LogP contribution < -0.4 is 11.0 Å². The second-order valence-electron chi connectivity index (χ2n) is 7.45. The first-order valence-electron chi connectivity index (χ1n) is 9.72. The molecule has 1 amide bonds. The minimum absolute atomic E-state index is 0.123. The van der Waals surface area contributed by atoms with Gasteiger partial charge in [-0.15, -0.1) is 0 Å². The molecule has 1 aromatic heterocycles. The van der Waals surface area contributed by atoms with Crippen molar-refractivity contribution in [3.05, 3.63) is 22.5 Å². The van der Waals surface area contributed by atoms with Crippen LogP contribution in [-0.2, 0) is 28.5 Å². The number of rotatable bonds is 7. The number of halogens is 1. The monoisotopic (exact) mass is 443 g/mol. The summed E-state index contributed by atoms with van der Waals surface area (Å²) in [6.07, 6.45) is -3.88. The molecule has 0 bridgehead atoms. The van der Waals surface area contributed by atoms with E-state index >= 15 is 0 Å². The maximum absolute atomic E-state index is 14.5. The summed E-state index contributed by atoms with van der Waals surface area (Å²) in [5, 5.41) is 2.07. The summed E-state index contributed by atoms with van der Waals surface area (Å²) in [5.41, 5.74) is -0.989. The first-order chi connectivity index (χ1) is 14.5. The quantitative estimate of drug-likeness (QED) is 0.494. The molecule has 1 aliphatic rings. The Kier molecular flexibility index (Phi) is 8.08. The topological polar surface area (TPSA) is 135 Å². The summed E-state index contributed by atoms with van der Waals surface area (Å²) in [5.74, 6) is -2.72. The fourth-order valence-electron chi connectivity index (χ4n) is 2.93. The lowest BCUT2D eigenvalue weighted by Crippen LogP contribution is -2.40. The SMILES string of the molecule is CC(=O)OC1C(OC(C)=O)[C@@H](C)O[C@H]1n1cc(F)c(NC(=O)OCCC(C)C)nc1=O. The summed E-state index contributed by atoms with van der Waals surface area (Å²) < 4.78 is 36.1. The number of esters is 2. The van der Waals surface area contributed by atoms with Crippen LogP contribution in [0.25, 0.3) is 0 Å². The number of carbonyl (C=O) groups excluding carboxylic acids is 3. The number of nitrogens with zero attached hydrogens (tertiary/aromatic N) is 2. The predicted molar refractivity (Wildman–Crippen MR) is 104 cm³/mol. The van der Waals surface area contributed by atoms with E-state index < -0.39 is 59.9 Å². The van der Waals surface area contributed by atoms with Crippen LogP contribution in [0.1, 0.15) is 47.3 Å². The van der Waals surface area contributed by atoms with Crippen LogP contribution >= 0.6 is 0 Å². The first kappa shape index (κ1) is 24.3. The van der Waals surface area contributed by atoms with Gasteiger partial charge >= 0.3 is 23.7 Å². The Morgan fingerprint density at radius 1 is 1.23 bits per heavy atom. The average molecular weight is 443 g/mol. The molecule has 2 heterocycles. The Morgan fingerprint density at radius 3 is 2.42 bits per heavy atom. The third-order valence-corrected chi connectivity index (χ3v) is 4.36. The number of aromatic nitrogens is 2. The highest BCUT2D eigenvalue weighted by molar-refractivity contribution is 5.83. The molecule has 1 fully saturated rings. The zero-order valence-corrected chi connectivity index (χ0v) is 17.9. The summed E-state index contributed by atoms with van der Waals surface area (Å²) in [7, 11) is 0. The predicted octanol–water partition coefficient (Wildman–Crippen LogP) is 1.76. The summed E-state index contributed by atoms with van der Waals surface area (Å²) in [4.78, 5) is 50.7. The van der Waals surface area contributed by atoms with Crippen molar-refractivity contribution in [1.82, 2.24) is 9.55 Å². The van der Waals surface area contributed by atoms with Crippen molar-refractivity contribution in [3.8, 4) is 0 Å². The second kappa shape index (κ2) is 10.3. The molecule has 0 aromatic carbocycles. The van der Waals surface area contributed by atoms with Gasteiger partial charge in [0.25, 0.3) is 0 Å². The Morgan fingerprint density at radius 2 is 1.84 bits per heavy atom. The first-order valence-corrected chi connectivity index (χ1v) is 9.72. The zero-order valence-electron chi connectivity index (χ0n) is 17.9. The van der Waals surface area contributed by atoms with Crippen molar-refractivity contribution < 1.29 is 37.7 Å². The summed E-state index contributed by atoms with van der Waals surface area (Å²) in [6, 6.07) is 0. The van der Waals surface area contributed by atoms with Gasteiger partial charge in [-0.2, -0.15) is 4.98 Å². The third kappa shape index (κ3) is 6.48. The fourth-order valence-corrected chi connectivity index (χ4v) is 2.93. The number of ether oxygens (including phenoxy) is 4. The van der Waals surface area contributed by atoms with Gasteiger partial charge < -0.3 is 18.9 Å². The number of nitrogens with one attached hydrogen (secondary N) is 1. The fraction of sp³-hybridized carbons (Fsp3) is 0.632. The van der Waals surface area contributed by atoms with Gasteiger partial charge in [0.05, 0.1) is 18.9 Å². The Bertz CT molecular complexity index is 887. The maximum atomic E-state index is 14.5. The van der Waals surface area contributed by atoms with E-state index in [0.29, 0.717) is 12.3 Å². The van der Waals surface area contributed by atoms with Crippen LogP contribution in [-0.4, -0.2) is 52.5 Å². The van der Waals surface area contributed by atoms with Gasteiger partial charge in [0.2, 0.25) is 0 Å². The van der Waals surface area contributed by atoms with Crippen LogP contribution in [0.3, 0.4) is 0 Å². The minimum Gasteiger partial charge on any atom is -0.456 e. The Hall–Kier alpha value is -3.02. The van der Waals surface area contributed by atoms with Crippen LogP contribution in [0, 0.1) is 11.7 Å². The molecule has 12 heteroatoms. The molecule has 2 unspecified atom stereocenters. The van der Waals surface area contributed by atoms with E-state index in [-0.39, 0.29) is 6.61 Å². The van der Waals surface area contributed by atoms with Gasteiger partial charge in [0, 0.05) is 13.8 Å². The van der Waals surface area contributed by atoms with Gasteiger partial charge in [-0.3, -0.25) is 19.5 Å². The molecule has 4 atom stereocenters. The van der Waals surface area contributed by atoms with Gasteiger partial charge in [0.1, 0.15) is 0 Å². The highest BCUT2D eigenvalue weighted by Gasteiger charge is 2.48. The minimum atomic E-state index is -1.30. The summed E-state index contributed by atoms with van der Waals surface area (Å²) >= 11 is 0. The van der Waals surface area contributed by atoms with E-state index in [9.17, 15) is 23.6 Å². The van der Waals surface area contributed by atoms with E-state index in [1.165, 1.54) is 6.92 Å². The van der Waals surface area contributed by atoms with E-state index in [1.54, 1.807) is 6.92 Å². The smallest absolute Gasteiger partial charge is 0.412 e. The molecule has 2 rings (SSSR count). The van der Waals surface area contributed by atoms with E-state index in [0.717, 1.165) is 17.7 Å². The molecule has 31 heavy (non-hydrogen) atoms. The van der Waals surface area contributed by atoms with Crippen molar-refractivity contribution >= 4 is 23.8 Å². The molecule has 172 valence electrons. The van der Waals surface area contributed by atoms with Gasteiger partial charge in [-0.1, -0.05) is 13.8 Å². The molecular weight excluding hydrogens is 417 g/mol. The molecule has 11 nitrogen and oxygen atoms in total. The normalized spacial score (nSPS) is 22.8. The van der Waals surface area contributed by atoms with Gasteiger partial charge in [-0.25, -0.2) is 14.0 Å². The van der Waals surface area contributed by atoms with Gasteiger partial charge in [-0.05, 0) is 19.3 Å². The zero-order chi connectivity index (χ0) is 23.3. The number of carbonyl (C=O) groups is 3. The number of amides is 1. The molecule has 1 N–H and O–H groups in total. The van der Waals surface area contributed by atoms with Crippen LogP contribution in [0.4, 0.5) is 15.0 Å². The lowest BCUT2D eigenvalue weighted by molar-refractivity contribution is -0.165. The highest BCUT2D eigenvalue weighted by Crippen LogP contribution is 2.33. The number of hydrogen-bond acceptors (Lipinski definition) is 9. The number of hydrogen-bond donors (Lipinski definition) is 1. The van der Waals surface area contributed by atoms with Crippen molar-refractivity contribution in [1.29, 1.82) is 0 Å². The van der Waals surface area contributed by atoms with E-state index in [2.05, 4.69) is 10.3 Å². The highest BCUT2D eigenvalue weighted by atomic mass is 19.1. The third-order valence-electron chi connectivity index (χ3n) is 4.36. The second-order valence-corrected chi connectivity index (χ2v) is 7.45. The standard InChI is InChI=1S/C19H26FN3O8/c1-9(2)6-7-28-19(27)22-16-13(20)8-23(18(26)21-16)17-15(31-12(5)25)14(10(3)29-17)30-11(4)24/h8-10,14-15,17H,6-7H2,1-5H3,(H,21,22,26,27)/t10-,14?,15?,17-/m1/s1. The molecule has 1 saturated heterocycles. The van der Waals surface area contributed by atoms with Crippen LogP contribution in [0.2, 0.25) is 0 Å². The van der Waals surface area contributed by atoms with Crippen molar-refractivity contribution in [3.63, 3.8) is 0 Å². The molecule has 1 aromatic rings. The van der Waals surface area contributed by atoms with Crippen molar-refractivity contribution in [2.24, 2.45) is 5.92 Å². The molecule has 0 aliphatic carbocycles. The summed E-state index contributed by atoms with van der Waals surface area (Å²) in [6.45, 7) is 7.86. The Labute approximate surface area is 177 Å². The Balaban J connectivity index is 2.24. The molecular formula is C19H26FN3O8. The van der Waals surface area contributed by atoms with Crippen LogP contribution in [0.15, 0.2) is 11.0 Å². The molecule has 1 aliphatic heterocycles. The molecule has 0 radical (unpaired) electrons.